The summed E-state index contributed by atoms with van der Waals surface area (Å²) >= 11 is 0. The lowest BCUT2D eigenvalue weighted by Gasteiger charge is -2.07. The normalized spacial score (nSPS) is 16.4. The van der Waals surface area contributed by atoms with Gasteiger partial charge in [0.05, 0.1) is 0 Å². The molecule has 0 aliphatic heterocycles. The van der Waals surface area contributed by atoms with Crippen molar-refractivity contribution in [3.63, 3.8) is 0 Å². The molecule has 3 heteroatoms. The van der Waals surface area contributed by atoms with Crippen LogP contribution in [0.1, 0.15) is 55.9 Å². The molecule has 0 saturated carbocycles. The van der Waals surface area contributed by atoms with E-state index in [1.165, 1.54) is 12.8 Å². The van der Waals surface area contributed by atoms with Crippen molar-refractivity contribution in [2.75, 3.05) is 0 Å². The average Bonchev–Trinajstić information content (AvgIpc) is 2.63. The summed E-state index contributed by atoms with van der Waals surface area (Å²) in [4.78, 5) is 12.4. The number of aryl methyl sites for hydroxylation is 1. The maximum absolute atomic E-state index is 12.4. The zero-order valence-corrected chi connectivity index (χ0v) is 10.5. The second kappa shape index (κ2) is 5.80. The van der Waals surface area contributed by atoms with Crippen molar-refractivity contribution in [3.8, 4) is 0 Å². The van der Waals surface area contributed by atoms with Crippen molar-refractivity contribution in [1.29, 1.82) is 0 Å². The van der Waals surface area contributed by atoms with Crippen LogP contribution in [0, 0.1) is 0 Å². The number of ketones is 1. The van der Waals surface area contributed by atoms with Crippen LogP contribution in [0.4, 0.5) is 0 Å². The first kappa shape index (κ1) is 12.1. The molecule has 0 atom stereocenters. The fourth-order valence-electron chi connectivity index (χ4n) is 2.30. The molecule has 0 amide bonds. The third kappa shape index (κ3) is 2.84. The Labute approximate surface area is 103 Å². The van der Waals surface area contributed by atoms with E-state index in [0.717, 1.165) is 43.5 Å². The number of Topliss-reactive ketones (excluding diaryl/α,β-unsaturated/α-hetero) is 1. The molecule has 3 nitrogen and oxygen atoms in total. The van der Waals surface area contributed by atoms with Crippen molar-refractivity contribution in [2.45, 2.75) is 52.0 Å². The molecule has 0 saturated heterocycles. The minimum Gasteiger partial charge on any atom is -0.287 e. The molecule has 2 rings (SSSR count). The van der Waals surface area contributed by atoms with Crippen LogP contribution < -0.4 is 0 Å². The minimum atomic E-state index is 0.179. The van der Waals surface area contributed by atoms with Crippen molar-refractivity contribution in [2.24, 2.45) is 0 Å². The SMILES string of the molecule is CCCn1nccc1C(=O)C1=CCCCCC1. The topological polar surface area (TPSA) is 34.9 Å². The van der Waals surface area contributed by atoms with Crippen LogP contribution in [-0.4, -0.2) is 15.6 Å². The van der Waals surface area contributed by atoms with Gasteiger partial charge in [-0.25, -0.2) is 0 Å². The van der Waals surface area contributed by atoms with Crippen LogP contribution in [0.15, 0.2) is 23.9 Å². The standard InChI is InChI=1S/C14H20N2O/c1-2-11-16-13(9-10-15-16)14(17)12-7-5-3-4-6-8-12/h7,9-10H,2-6,8,11H2,1H3. The molecule has 1 aromatic heterocycles. The zero-order chi connectivity index (χ0) is 12.1. The zero-order valence-electron chi connectivity index (χ0n) is 10.5. The highest BCUT2D eigenvalue weighted by molar-refractivity contribution is 6.07. The molecule has 0 N–H and O–H groups in total. The molecule has 0 radical (unpaired) electrons. The highest BCUT2D eigenvalue weighted by Gasteiger charge is 2.17. The average molecular weight is 232 g/mol. The smallest absolute Gasteiger partial charge is 0.206 e. The van der Waals surface area contributed by atoms with Gasteiger partial charge in [0.15, 0.2) is 0 Å². The largest absolute Gasteiger partial charge is 0.287 e. The first-order valence-electron chi connectivity index (χ1n) is 6.58. The lowest BCUT2D eigenvalue weighted by atomic mass is 10.0. The minimum absolute atomic E-state index is 0.179. The number of nitrogens with zero attached hydrogens (tertiary/aromatic N) is 2. The summed E-state index contributed by atoms with van der Waals surface area (Å²) < 4.78 is 1.83. The summed E-state index contributed by atoms with van der Waals surface area (Å²) in [5.74, 6) is 0.179. The Morgan fingerprint density at radius 1 is 1.41 bits per heavy atom. The van der Waals surface area contributed by atoms with E-state index in [1.54, 1.807) is 6.20 Å². The highest BCUT2D eigenvalue weighted by Crippen LogP contribution is 2.20. The van der Waals surface area contributed by atoms with Gasteiger partial charge in [-0.05, 0) is 43.7 Å². The van der Waals surface area contributed by atoms with Crippen molar-refractivity contribution < 1.29 is 4.79 Å². The Morgan fingerprint density at radius 3 is 3.12 bits per heavy atom. The van der Waals surface area contributed by atoms with Crippen LogP contribution in [0.3, 0.4) is 0 Å². The van der Waals surface area contributed by atoms with Crippen LogP contribution in [0.25, 0.3) is 0 Å². The summed E-state index contributed by atoms with van der Waals surface area (Å²) in [6.07, 6.45) is 10.4. The molecule has 0 fully saturated rings. The number of carbonyl (C=O) groups excluding carboxylic acids is 1. The van der Waals surface area contributed by atoms with Gasteiger partial charge in [-0.2, -0.15) is 5.10 Å². The first-order chi connectivity index (χ1) is 8.33. The van der Waals surface area contributed by atoms with Gasteiger partial charge in [0.25, 0.3) is 0 Å². The van der Waals surface area contributed by atoms with Gasteiger partial charge < -0.3 is 0 Å². The first-order valence-corrected chi connectivity index (χ1v) is 6.58. The number of rotatable bonds is 4. The van der Waals surface area contributed by atoms with E-state index in [2.05, 4.69) is 18.1 Å². The van der Waals surface area contributed by atoms with Crippen LogP contribution in [-0.2, 0) is 6.54 Å². The molecule has 1 aromatic rings. The van der Waals surface area contributed by atoms with E-state index in [9.17, 15) is 4.79 Å². The van der Waals surface area contributed by atoms with Crippen molar-refractivity contribution >= 4 is 5.78 Å². The quantitative estimate of drug-likeness (QED) is 0.746. The molecule has 1 aliphatic rings. The Bertz CT molecular complexity index is 418. The van der Waals surface area contributed by atoms with Gasteiger partial charge in [0, 0.05) is 12.7 Å². The predicted octanol–water partition coefficient (Wildman–Crippen LogP) is 3.37. The Balaban J connectivity index is 2.17. The summed E-state index contributed by atoms with van der Waals surface area (Å²) in [7, 11) is 0. The molecule has 1 aliphatic carbocycles. The fraction of sp³-hybridized carbons (Fsp3) is 0.571. The summed E-state index contributed by atoms with van der Waals surface area (Å²) in [5, 5.41) is 4.21. The van der Waals surface area contributed by atoms with Gasteiger partial charge in [-0.15, -0.1) is 0 Å². The highest BCUT2D eigenvalue weighted by atomic mass is 16.1. The van der Waals surface area contributed by atoms with Crippen LogP contribution in [0.5, 0.6) is 0 Å². The molecular formula is C14H20N2O. The maximum atomic E-state index is 12.4. The van der Waals surface area contributed by atoms with E-state index in [4.69, 9.17) is 0 Å². The molecule has 92 valence electrons. The third-order valence-corrected chi connectivity index (χ3v) is 3.22. The molecule has 0 bridgehead atoms. The molecule has 0 aromatic carbocycles. The maximum Gasteiger partial charge on any atom is 0.206 e. The molecular weight excluding hydrogens is 212 g/mol. The van der Waals surface area contributed by atoms with E-state index in [-0.39, 0.29) is 5.78 Å². The molecule has 0 spiro atoms. The second-order valence-electron chi connectivity index (χ2n) is 4.60. The summed E-state index contributed by atoms with van der Waals surface area (Å²) in [6, 6.07) is 1.84. The van der Waals surface area contributed by atoms with Gasteiger partial charge in [-0.1, -0.05) is 19.4 Å². The number of hydrogen-bond acceptors (Lipinski definition) is 2. The van der Waals surface area contributed by atoms with Crippen LogP contribution >= 0.6 is 0 Å². The second-order valence-corrected chi connectivity index (χ2v) is 4.60. The molecule has 0 unspecified atom stereocenters. The van der Waals surface area contributed by atoms with E-state index < -0.39 is 0 Å². The number of allylic oxidation sites excluding steroid dienone is 2. The summed E-state index contributed by atoms with van der Waals surface area (Å²) in [5.41, 5.74) is 1.74. The fourth-order valence-corrected chi connectivity index (χ4v) is 2.30. The van der Waals surface area contributed by atoms with E-state index in [0.29, 0.717) is 0 Å². The summed E-state index contributed by atoms with van der Waals surface area (Å²) in [6.45, 7) is 2.92. The Kier molecular flexibility index (Phi) is 4.13. The monoisotopic (exact) mass is 232 g/mol. The van der Waals surface area contributed by atoms with Gasteiger partial charge in [-0.3, -0.25) is 9.48 Å². The lowest BCUT2D eigenvalue weighted by Crippen LogP contribution is -2.12. The van der Waals surface area contributed by atoms with Gasteiger partial charge in [0.2, 0.25) is 5.78 Å². The third-order valence-electron chi connectivity index (χ3n) is 3.22. The van der Waals surface area contributed by atoms with Gasteiger partial charge >= 0.3 is 0 Å². The molecule has 1 heterocycles. The van der Waals surface area contributed by atoms with Gasteiger partial charge in [0.1, 0.15) is 5.69 Å². The molecule has 17 heavy (non-hydrogen) atoms. The van der Waals surface area contributed by atoms with E-state index in [1.807, 2.05) is 10.7 Å². The number of hydrogen-bond donors (Lipinski definition) is 0. The van der Waals surface area contributed by atoms with E-state index >= 15 is 0 Å². The Hall–Kier alpha value is -1.38. The van der Waals surface area contributed by atoms with Crippen molar-refractivity contribution in [3.05, 3.63) is 29.6 Å². The predicted molar refractivity (Wildman–Crippen MR) is 68.0 cm³/mol. The number of aromatic nitrogens is 2. The number of carbonyl (C=O) groups is 1. The lowest BCUT2D eigenvalue weighted by molar-refractivity contribution is 0.102. The Morgan fingerprint density at radius 2 is 2.29 bits per heavy atom. The van der Waals surface area contributed by atoms with Crippen LogP contribution in [0.2, 0.25) is 0 Å². The van der Waals surface area contributed by atoms with Crippen molar-refractivity contribution in [1.82, 2.24) is 9.78 Å².